The average molecular weight is 459 g/mol. The molecule has 1 unspecified atom stereocenters. The van der Waals surface area contributed by atoms with Crippen molar-refractivity contribution in [1.29, 1.82) is 0 Å². The van der Waals surface area contributed by atoms with Crippen LogP contribution >= 0.6 is 27.7 Å². The van der Waals surface area contributed by atoms with Gasteiger partial charge in [0.05, 0.1) is 18.4 Å². The van der Waals surface area contributed by atoms with Crippen LogP contribution in [0.15, 0.2) is 58.2 Å². The first-order chi connectivity index (χ1) is 13.7. The second-order valence-corrected chi connectivity index (χ2v) is 8.43. The lowest BCUT2D eigenvalue weighted by Crippen LogP contribution is -2.17. The van der Waals surface area contributed by atoms with E-state index in [4.69, 9.17) is 4.74 Å². The van der Waals surface area contributed by atoms with E-state index in [0.717, 1.165) is 35.0 Å². The zero-order chi connectivity index (χ0) is 19.3. The van der Waals surface area contributed by atoms with E-state index >= 15 is 0 Å². The summed E-state index contributed by atoms with van der Waals surface area (Å²) in [6.45, 7) is 1.43. The molecule has 3 aromatic rings. The molecular weight excluding hydrogens is 440 g/mol. The molecule has 1 aromatic heterocycles. The van der Waals surface area contributed by atoms with Crippen LogP contribution < -0.4 is 0 Å². The van der Waals surface area contributed by atoms with E-state index < -0.39 is 0 Å². The van der Waals surface area contributed by atoms with Gasteiger partial charge in [0.25, 0.3) is 0 Å². The van der Waals surface area contributed by atoms with Crippen LogP contribution in [-0.4, -0.2) is 44.5 Å². The lowest BCUT2D eigenvalue weighted by atomic mass is 10.0. The summed E-state index contributed by atoms with van der Waals surface area (Å²) in [4.78, 5) is 12.6. The summed E-state index contributed by atoms with van der Waals surface area (Å²) in [6.07, 6.45) is 2.25. The zero-order valence-electron chi connectivity index (χ0n) is 15.1. The summed E-state index contributed by atoms with van der Waals surface area (Å²) < 4.78 is 8.41. The second-order valence-electron chi connectivity index (χ2n) is 6.57. The average Bonchev–Trinajstić information content (AvgIpc) is 3.39. The van der Waals surface area contributed by atoms with Gasteiger partial charge in [-0.15, -0.1) is 5.10 Å². The van der Waals surface area contributed by atoms with Gasteiger partial charge in [0.15, 0.2) is 5.78 Å². The van der Waals surface area contributed by atoms with Crippen LogP contribution in [-0.2, 0) is 11.3 Å². The summed E-state index contributed by atoms with van der Waals surface area (Å²) in [6, 6.07) is 15.8. The number of Topliss-reactive ketones (excluding diaryl/α,β-unsaturated/α-hetero) is 1. The van der Waals surface area contributed by atoms with Crippen molar-refractivity contribution < 1.29 is 9.53 Å². The Kier molecular flexibility index (Phi) is 6.19. The van der Waals surface area contributed by atoms with Crippen molar-refractivity contribution in [3.8, 4) is 11.1 Å². The molecule has 1 aliphatic heterocycles. The number of hydrogen-bond acceptors (Lipinski definition) is 6. The van der Waals surface area contributed by atoms with Crippen molar-refractivity contribution in [2.45, 2.75) is 30.6 Å². The molecule has 0 bridgehead atoms. The Labute approximate surface area is 175 Å². The Bertz CT molecular complexity index is 938. The van der Waals surface area contributed by atoms with E-state index in [1.165, 1.54) is 11.8 Å². The smallest absolute Gasteiger partial charge is 0.209 e. The highest BCUT2D eigenvalue weighted by Crippen LogP contribution is 2.23. The van der Waals surface area contributed by atoms with Gasteiger partial charge in [-0.3, -0.25) is 4.79 Å². The van der Waals surface area contributed by atoms with Crippen molar-refractivity contribution in [3.05, 3.63) is 58.6 Å². The van der Waals surface area contributed by atoms with Crippen LogP contribution in [0.4, 0.5) is 0 Å². The molecule has 0 aliphatic carbocycles. The van der Waals surface area contributed by atoms with Gasteiger partial charge in [-0.1, -0.05) is 64.1 Å². The van der Waals surface area contributed by atoms with Gasteiger partial charge < -0.3 is 4.74 Å². The molecule has 0 N–H and O–H groups in total. The van der Waals surface area contributed by atoms with E-state index in [-0.39, 0.29) is 11.9 Å². The number of hydrogen-bond donors (Lipinski definition) is 0. The van der Waals surface area contributed by atoms with Crippen LogP contribution in [0.1, 0.15) is 23.2 Å². The summed E-state index contributed by atoms with van der Waals surface area (Å²) in [7, 11) is 0. The number of ketones is 1. The number of aromatic nitrogens is 4. The largest absolute Gasteiger partial charge is 0.376 e. The maximum absolute atomic E-state index is 12.6. The lowest BCUT2D eigenvalue weighted by molar-refractivity contribution is 0.0912. The molecule has 6 nitrogen and oxygen atoms in total. The molecule has 28 heavy (non-hydrogen) atoms. The fourth-order valence-corrected chi connectivity index (χ4v) is 4.15. The SMILES string of the molecule is O=C(CSc1nnnn1CC1CCCO1)c1ccc(-c2ccc(Br)cc2)cc1. The van der Waals surface area contributed by atoms with Gasteiger partial charge in [-0.05, 0) is 46.5 Å². The fraction of sp³-hybridized carbons (Fsp3) is 0.300. The van der Waals surface area contributed by atoms with Gasteiger partial charge >= 0.3 is 0 Å². The molecule has 2 heterocycles. The van der Waals surface area contributed by atoms with E-state index in [2.05, 4.69) is 31.5 Å². The fourth-order valence-electron chi connectivity index (χ4n) is 3.10. The number of rotatable bonds is 7. The molecule has 2 aromatic carbocycles. The summed E-state index contributed by atoms with van der Waals surface area (Å²) in [5.41, 5.74) is 2.88. The maximum atomic E-state index is 12.6. The third kappa shape index (κ3) is 4.68. The number of thioether (sulfide) groups is 1. The molecule has 0 radical (unpaired) electrons. The first kappa shape index (κ1) is 19.3. The topological polar surface area (TPSA) is 69.9 Å². The lowest BCUT2D eigenvalue weighted by Gasteiger charge is -2.09. The highest BCUT2D eigenvalue weighted by molar-refractivity contribution is 9.10. The van der Waals surface area contributed by atoms with E-state index in [1.54, 1.807) is 4.68 Å². The molecule has 8 heteroatoms. The molecule has 0 amide bonds. The maximum Gasteiger partial charge on any atom is 0.209 e. The van der Waals surface area contributed by atoms with E-state index in [0.29, 0.717) is 23.0 Å². The van der Waals surface area contributed by atoms with Crippen molar-refractivity contribution >= 4 is 33.5 Å². The predicted molar refractivity (Wildman–Crippen MR) is 111 cm³/mol. The third-order valence-electron chi connectivity index (χ3n) is 4.62. The number of nitrogens with zero attached hydrogens (tertiary/aromatic N) is 4. The Morgan fingerprint density at radius 1 is 1.14 bits per heavy atom. The van der Waals surface area contributed by atoms with Crippen LogP contribution in [0.2, 0.25) is 0 Å². The van der Waals surface area contributed by atoms with Gasteiger partial charge in [0, 0.05) is 16.6 Å². The standard InChI is InChI=1S/C20H19BrN4O2S/c21-17-9-7-15(8-10-17)14-3-5-16(6-4-14)19(26)13-28-20-22-23-24-25(20)12-18-2-1-11-27-18/h3-10,18H,1-2,11-13H2. The molecule has 0 spiro atoms. The first-order valence-corrected chi connectivity index (χ1v) is 10.9. The Morgan fingerprint density at radius 2 is 1.86 bits per heavy atom. The molecule has 1 atom stereocenters. The minimum atomic E-state index is 0.0547. The summed E-state index contributed by atoms with van der Waals surface area (Å²) in [5, 5.41) is 12.4. The van der Waals surface area contributed by atoms with Gasteiger partial charge in [0.1, 0.15) is 0 Å². The molecule has 144 valence electrons. The number of carbonyl (C=O) groups excluding carboxylic acids is 1. The Hall–Kier alpha value is -2.03. The number of benzene rings is 2. The summed E-state index contributed by atoms with van der Waals surface area (Å²) >= 11 is 4.80. The van der Waals surface area contributed by atoms with Gasteiger partial charge in [-0.25, -0.2) is 4.68 Å². The van der Waals surface area contributed by atoms with E-state index in [1.807, 2.05) is 48.5 Å². The van der Waals surface area contributed by atoms with Crippen LogP contribution in [0, 0.1) is 0 Å². The second kappa shape index (κ2) is 8.98. The van der Waals surface area contributed by atoms with Crippen LogP contribution in [0.3, 0.4) is 0 Å². The van der Waals surface area contributed by atoms with Gasteiger partial charge in [-0.2, -0.15) is 0 Å². The monoisotopic (exact) mass is 458 g/mol. The van der Waals surface area contributed by atoms with Crippen LogP contribution in [0.5, 0.6) is 0 Å². The van der Waals surface area contributed by atoms with Crippen molar-refractivity contribution in [2.75, 3.05) is 12.4 Å². The highest BCUT2D eigenvalue weighted by atomic mass is 79.9. The predicted octanol–water partition coefficient (Wildman–Crippen LogP) is 4.26. The minimum absolute atomic E-state index is 0.0547. The number of halogens is 1. The van der Waals surface area contributed by atoms with Crippen molar-refractivity contribution in [2.24, 2.45) is 0 Å². The molecular formula is C20H19BrN4O2S. The van der Waals surface area contributed by atoms with Crippen LogP contribution in [0.25, 0.3) is 11.1 Å². The third-order valence-corrected chi connectivity index (χ3v) is 6.10. The van der Waals surface area contributed by atoms with E-state index in [9.17, 15) is 4.79 Å². The normalized spacial score (nSPS) is 16.4. The Balaban J connectivity index is 1.36. The minimum Gasteiger partial charge on any atom is -0.376 e. The molecule has 1 aliphatic rings. The van der Waals surface area contributed by atoms with Gasteiger partial charge in [0.2, 0.25) is 5.16 Å². The molecule has 1 fully saturated rings. The number of ether oxygens (including phenoxy) is 1. The summed E-state index contributed by atoms with van der Waals surface area (Å²) in [5.74, 6) is 0.350. The molecule has 1 saturated heterocycles. The first-order valence-electron chi connectivity index (χ1n) is 9.09. The van der Waals surface area contributed by atoms with Crippen molar-refractivity contribution in [3.63, 3.8) is 0 Å². The molecule has 0 saturated carbocycles. The Morgan fingerprint density at radius 3 is 2.54 bits per heavy atom. The van der Waals surface area contributed by atoms with Crippen molar-refractivity contribution in [1.82, 2.24) is 20.2 Å². The molecule has 4 rings (SSSR count). The quantitative estimate of drug-likeness (QED) is 0.389. The zero-order valence-corrected chi connectivity index (χ0v) is 17.5. The highest BCUT2D eigenvalue weighted by Gasteiger charge is 2.19. The number of carbonyl (C=O) groups is 1. The number of tetrazole rings is 1.